The molecule has 0 radical (unpaired) electrons. The van der Waals surface area contributed by atoms with Gasteiger partial charge in [0.2, 0.25) is 10.0 Å². The molecule has 8 heteroatoms. The predicted octanol–water partition coefficient (Wildman–Crippen LogP) is 2.67. The Morgan fingerprint density at radius 1 is 1.11 bits per heavy atom. The van der Waals surface area contributed by atoms with E-state index in [1.165, 1.54) is 24.8 Å². The number of amides is 1. The number of fused-ring (bicyclic) bond motifs is 1. The lowest BCUT2D eigenvalue weighted by Crippen LogP contribution is -2.34. The van der Waals surface area contributed by atoms with Gasteiger partial charge in [-0.05, 0) is 37.1 Å². The topological polar surface area (TPSA) is 84.9 Å². The van der Waals surface area contributed by atoms with Gasteiger partial charge in [0.05, 0.1) is 26.2 Å². The number of rotatable bonds is 5. The lowest BCUT2D eigenvalue weighted by atomic mass is 10.1. The van der Waals surface area contributed by atoms with Crippen LogP contribution in [0.5, 0.6) is 11.5 Å². The van der Waals surface area contributed by atoms with E-state index >= 15 is 0 Å². The van der Waals surface area contributed by atoms with Crippen molar-refractivity contribution in [3.05, 3.63) is 47.5 Å². The maximum absolute atomic E-state index is 12.6. The van der Waals surface area contributed by atoms with Gasteiger partial charge in [0, 0.05) is 35.5 Å². The highest BCUT2D eigenvalue weighted by Crippen LogP contribution is 2.35. The smallest absolute Gasteiger partial charge is 0.255 e. The van der Waals surface area contributed by atoms with Crippen molar-refractivity contribution in [2.45, 2.75) is 19.4 Å². The summed E-state index contributed by atoms with van der Waals surface area (Å²) < 4.78 is 35.8. The van der Waals surface area contributed by atoms with E-state index < -0.39 is 10.0 Å². The molecule has 2 aromatic carbocycles. The van der Waals surface area contributed by atoms with Crippen LogP contribution < -0.4 is 19.1 Å². The highest BCUT2D eigenvalue weighted by molar-refractivity contribution is 7.92. The lowest BCUT2D eigenvalue weighted by Gasteiger charge is -2.21. The van der Waals surface area contributed by atoms with Gasteiger partial charge in [-0.15, -0.1) is 0 Å². The van der Waals surface area contributed by atoms with Crippen LogP contribution >= 0.6 is 0 Å². The summed E-state index contributed by atoms with van der Waals surface area (Å²) in [5.41, 5.74) is 2.47. The third-order valence-corrected chi connectivity index (χ3v) is 5.73. The monoisotopic (exact) mass is 390 g/mol. The molecule has 0 bridgehead atoms. The zero-order valence-electron chi connectivity index (χ0n) is 15.6. The number of carbonyl (C=O) groups is 1. The Bertz CT molecular complexity index is 965. The number of nitrogens with one attached hydrogen (secondary N) is 1. The highest BCUT2D eigenvalue weighted by Gasteiger charge is 2.32. The molecule has 0 fully saturated rings. The predicted molar refractivity (Wildman–Crippen MR) is 104 cm³/mol. The maximum Gasteiger partial charge on any atom is 0.255 e. The van der Waals surface area contributed by atoms with Crippen molar-refractivity contribution in [3.8, 4) is 11.5 Å². The minimum Gasteiger partial charge on any atom is -0.497 e. The summed E-state index contributed by atoms with van der Waals surface area (Å²) in [6, 6.07) is 9.98. The van der Waals surface area contributed by atoms with Crippen LogP contribution in [0, 0.1) is 0 Å². The second kappa shape index (κ2) is 7.11. The number of hydrogen-bond acceptors (Lipinski definition) is 5. The molecule has 0 saturated carbocycles. The SMILES string of the molecule is COc1cc(NC(=O)c2ccc3c(c2)CC(C)N3S(C)(=O)=O)cc(OC)c1. The number of nitrogens with zero attached hydrogens (tertiary/aromatic N) is 1. The van der Waals surface area contributed by atoms with Crippen LogP contribution in [0.15, 0.2) is 36.4 Å². The number of sulfonamides is 1. The number of anilines is 2. The Kier molecular flexibility index (Phi) is 5.01. The third kappa shape index (κ3) is 3.85. The summed E-state index contributed by atoms with van der Waals surface area (Å²) in [7, 11) is -0.283. The first-order valence-electron chi connectivity index (χ1n) is 8.39. The Labute approximate surface area is 158 Å². The molecule has 1 aliphatic rings. The molecule has 1 aliphatic heterocycles. The van der Waals surface area contributed by atoms with Gasteiger partial charge in [0.15, 0.2) is 0 Å². The molecule has 27 heavy (non-hydrogen) atoms. The molecule has 7 nitrogen and oxygen atoms in total. The number of methoxy groups -OCH3 is 2. The standard InChI is InChI=1S/C19H22N2O5S/c1-12-7-14-8-13(5-6-18(14)21(12)27(4,23)24)19(22)20-15-9-16(25-2)11-17(10-15)26-3/h5-6,8-12H,7H2,1-4H3,(H,20,22). The molecule has 1 unspecified atom stereocenters. The Morgan fingerprint density at radius 2 is 1.74 bits per heavy atom. The first-order chi connectivity index (χ1) is 12.7. The van der Waals surface area contributed by atoms with Crippen molar-refractivity contribution < 1.29 is 22.7 Å². The Hall–Kier alpha value is -2.74. The number of carbonyl (C=O) groups excluding carboxylic acids is 1. The van der Waals surface area contributed by atoms with Crippen LogP contribution in [0.4, 0.5) is 11.4 Å². The van der Waals surface area contributed by atoms with Gasteiger partial charge in [-0.1, -0.05) is 0 Å². The Balaban J connectivity index is 1.87. The number of benzene rings is 2. The van der Waals surface area contributed by atoms with E-state index in [0.29, 0.717) is 34.9 Å². The highest BCUT2D eigenvalue weighted by atomic mass is 32.2. The van der Waals surface area contributed by atoms with Gasteiger partial charge in [-0.25, -0.2) is 8.42 Å². The van der Waals surface area contributed by atoms with E-state index in [1.54, 1.807) is 36.4 Å². The molecule has 1 amide bonds. The summed E-state index contributed by atoms with van der Waals surface area (Å²) in [5.74, 6) is 0.839. The van der Waals surface area contributed by atoms with Gasteiger partial charge in [-0.2, -0.15) is 0 Å². The van der Waals surface area contributed by atoms with Gasteiger partial charge in [-0.3, -0.25) is 9.10 Å². The van der Waals surface area contributed by atoms with Gasteiger partial charge >= 0.3 is 0 Å². The van der Waals surface area contributed by atoms with Crippen LogP contribution in [0.2, 0.25) is 0 Å². The van der Waals surface area contributed by atoms with Crippen LogP contribution in [0.3, 0.4) is 0 Å². The minimum atomic E-state index is -3.36. The van der Waals surface area contributed by atoms with Crippen molar-refractivity contribution >= 4 is 27.3 Å². The molecule has 0 aromatic heterocycles. The zero-order chi connectivity index (χ0) is 19.8. The second-order valence-electron chi connectivity index (χ2n) is 6.51. The number of hydrogen-bond donors (Lipinski definition) is 1. The van der Waals surface area contributed by atoms with E-state index in [-0.39, 0.29) is 11.9 Å². The van der Waals surface area contributed by atoms with E-state index in [1.807, 2.05) is 6.92 Å². The molecule has 1 atom stereocenters. The molecule has 0 aliphatic carbocycles. The quantitative estimate of drug-likeness (QED) is 0.848. The molecule has 1 heterocycles. The van der Waals surface area contributed by atoms with Crippen LogP contribution in [0.1, 0.15) is 22.8 Å². The lowest BCUT2D eigenvalue weighted by molar-refractivity contribution is 0.102. The van der Waals surface area contributed by atoms with Gasteiger partial charge in [0.1, 0.15) is 11.5 Å². The normalized spacial score (nSPS) is 16.0. The van der Waals surface area contributed by atoms with Crippen molar-refractivity contribution in [1.82, 2.24) is 0 Å². The maximum atomic E-state index is 12.6. The molecule has 1 N–H and O–H groups in total. The largest absolute Gasteiger partial charge is 0.497 e. The fourth-order valence-corrected chi connectivity index (χ4v) is 4.60. The van der Waals surface area contributed by atoms with Crippen molar-refractivity contribution in [2.75, 3.05) is 30.1 Å². The molecule has 3 rings (SSSR count). The number of ether oxygens (including phenoxy) is 2. The van der Waals surface area contributed by atoms with Crippen LogP contribution in [0.25, 0.3) is 0 Å². The first kappa shape index (κ1) is 19.0. The summed E-state index contributed by atoms with van der Waals surface area (Å²) in [4.78, 5) is 12.6. The van der Waals surface area contributed by atoms with E-state index in [4.69, 9.17) is 9.47 Å². The molecule has 144 valence electrons. The molecular weight excluding hydrogens is 368 g/mol. The van der Waals surface area contributed by atoms with E-state index in [2.05, 4.69) is 5.32 Å². The van der Waals surface area contributed by atoms with E-state index in [0.717, 1.165) is 5.56 Å². The van der Waals surface area contributed by atoms with Crippen molar-refractivity contribution in [3.63, 3.8) is 0 Å². The Morgan fingerprint density at radius 3 is 2.30 bits per heavy atom. The molecular formula is C19H22N2O5S. The zero-order valence-corrected chi connectivity index (χ0v) is 16.5. The van der Waals surface area contributed by atoms with Crippen molar-refractivity contribution in [1.29, 1.82) is 0 Å². The minimum absolute atomic E-state index is 0.170. The van der Waals surface area contributed by atoms with Crippen LogP contribution in [-0.4, -0.2) is 40.8 Å². The fourth-order valence-electron chi connectivity index (χ4n) is 3.33. The van der Waals surface area contributed by atoms with Crippen LogP contribution in [-0.2, 0) is 16.4 Å². The molecule has 0 saturated heterocycles. The summed E-state index contributed by atoms with van der Waals surface area (Å²) in [5, 5.41) is 2.82. The van der Waals surface area contributed by atoms with Gasteiger partial charge < -0.3 is 14.8 Å². The first-order valence-corrected chi connectivity index (χ1v) is 10.2. The van der Waals surface area contributed by atoms with Gasteiger partial charge in [0.25, 0.3) is 5.91 Å². The average Bonchev–Trinajstić information content (AvgIpc) is 2.96. The molecule has 0 spiro atoms. The summed E-state index contributed by atoms with van der Waals surface area (Å²) in [6.07, 6.45) is 1.76. The van der Waals surface area contributed by atoms with E-state index in [9.17, 15) is 13.2 Å². The average molecular weight is 390 g/mol. The van der Waals surface area contributed by atoms with Crippen molar-refractivity contribution in [2.24, 2.45) is 0 Å². The fraction of sp³-hybridized carbons (Fsp3) is 0.316. The summed E-state index contributed by atoms with van der Waals surface area (Å²) in [6.45, 7) is 1.85. The molecule has 2 aromatic rings. The summed E-state index contributed by atoms with van der Waals surface area (Å²) >= 11 is 0. The second-order valence-corrected chi connectivity index (χ2v) is 8.37. The third-order valence-electron chi connectivity index (χ3n) is 4.46.